The third-order valence-corrected chi connectivity index (χ3v) is 3.59. The van der Waals surface area contributed by atoms with Crippen LogP contribution in [0, 0.1) is 16.0 Å². The molecule has 0 saturated carbocycles. The van der Waals surface area contributed by atoms with E-state index in [4.69, 9.17) is 5.11 Å². The summed E-state index contributed by atoms with van der Waals surface area (Å²) >= 11 is 0.872. The second kappa shape index (κ2) is 7.05. The number of carboxylic acids is 1. The van der Waals surface area contributed by atoms with Gasteiger partial charge in [0.2, 0.25) is 0 Å². The fourth-order valence-corrected chi connectivity index (χ4v) is 2.30. The third kappa shape index (κ3) is 4.18. The highest BCUT2D eigenvalue weighted by Gasteiger charge is 2.25. The number of aromatic nitrogens is 1. The fourth-order valence-electron chi connectivity index (χ4n) is 1.36. The number of aliphatic carboxylic acids is 1. The van der Waals surface area contributed by atoms with Crippen LogP contribution in [0.15, 0.2) is 23.4 Å². The molecule has 1 heterocycles. The van der Waals surface area contributed by atoms with Crippen molar-refractivity contribution >= 4 is 23.6 Å². The van der Waals surface area contributed by atoms with Gasteiger partial charge in [0, 0.05) is 12.3 Å². The van der Waals surface area contributed by atoms with Gasteiger partial charge in [-0.25, -0.2) is 9.71 Å². The monoisotopic (exact) mass is 285 g/mol. The highest BCUT2D eigenvalue weighted by atomic mass is 32.2. The third-order valence-electron chi connectivity index (χ3n) is 2.71. The summed E-state index contributed by atoms with van der Waals surface area (Å²) in [6.45, 7) is 3.69. The normalized spacial score (nSPS) is 13.8. The Kier molecular flexibility index (Phi) is 5.71. The first kappa shape index (κ1) is 15.4. The molecular formula is C11H15N3O4S. The summed E-state index contributed by atoms with van der Waals surface area (Å²) in [5.74, 6) is -1.08. The van der Waals surface area contributed by atoms with Gasteiger partial charge in [-0.3, -0.25) is 14.9 Å². The molecule has 0 fully saturated rings. The Bertz CT molecular complexity index is 469. The number of hydrogen-bond donors (Lipinski definition) is 2. The number of pyridine rings is 1. The minimum Gasteiger partial charge on any atom is -0.480 e. The molecule has 1 rings (SSSR count). The van der Waals surface area contributed by atoms with E-state index in [1.807, 2.05) is 6.92 Å². The van der Waals surface area contributed by atoms with Gasteiger partial charge >= 0.3 is 11.7 Å². The summed E-state index contributed by atoms with van der Waals surface area (Å²) in [6.07, 6.45) is 2.12. The molecule has 0 aliphatic carbocycles. The molecule has 7 nitrogen and oxygen atoms in total. The lowest BCUT2D eigenvalue weighted by Crippen LogP contribution is -2.38. The molecule has 0 spiro atoms. The van der Waals surface area contributed by atoms with E-state index < -0.39 is 16.9 Å². The Morgan fingerprint density at radius 1 is 1.68 bits per heavy atom. The molecule has 1 aromatic rings. The number of hydrogen-bond acceptors (Lipinski definition) is 6. The van der Waals surface area contributed by atoms with E-state index in [9.17, 15) is 14.9 Å². The van der Waals surface area contributed by atoms with Crippen LogP contribution < -0.4 is 4.72 Å². The van der Waals surface area contributed by atoms with Crippen LogP contribution in [0.2, 0.25) is 0 Å². The summed E-state index contributed by atoms with van der Waals surface area (Å²) in [4.78, 5) is 25.2. The van der Waals surface area contributed by atoms with Crippen molar-refractivity contribution in [2.24, 2.45) is 5.92 Å². The van der Waals surface area contributed by atoms with E-state index in [1.54, 1.807) is 6.92 Å². The van der Waals surface area contributed by atoms with Crippen molar-refractivity contribution < 1.29 is 14.8 Å². The van der Waals surface area contributed by atoms with Crippen LogP contribution in [0.4, 0.5) is 5.69 Å². The molecule has 0 aliphatic heterocycles. The van der Waals surface area contributed by atoms with Crippen LogP contribution >= 0.6 is 11.9 Å². The molecule has 0 saturated heterocycles. The summed E-state index contributed by atoms with van der Waals surface area (Å²) in [6, 6.07) is 2.01. The zero-order chi connectivity index (χ0) is 14.4. The van der Waals surface area contributed by atoms with Crippen molar-refractivity contribution in [3.05, 3.63) is 28.4 Å². The van der Waals surface area contributed by atoms with Gasteiger partial charge in [-0.05, 0) is 23.9 Å². The number of carboxylic acid groups (broad SMARTS) is 1. The predicted molar refractivity (Wildman–Crippen MR) is 70.8 cm³/mol. The standard InChI is InChI=1S/C11H15N3O4S/c1-3-7(2)9(11(15)16)13-19-10-8(14(17)18)5-4-6-12-10/h4-7,9,13H,3H2,1-2H3,(H,15,16). The SMILES string of the molecule is CCC(C)C(NSc1ncccc1[N+](=O)[O-])C(=O)O. The smallest absolute Gasteiger partial charge is 0.321 e. The second-order valence-electron chi connectivity index (χ2n) is 4.01. The van der Waals surface area contributed by atoms with Gasteiger partial charge in [0.25, 0.3) is 0 Å². The second-order valence-corrected chi connectivity index (χ2v) is 4.83. The topological polar surface area (TPSA) is 105 Å². The zero-order valence-electron chi connectivity index (χ0n) is 10.6. The first-order chi connectivity index (χ1) is 8.97. The van der Waals surface area contributed by atoms with Gasteiger partial charge in [0.1, 0.15) is 6.04 Å². The Morgan fingerprint density at radius 3 is 2.89 bits per heavy atom. The first-order valence-corrected chi connectivity index (χ1v) is 6.53. The summed E-state index contributed by atoms with van der Waals surface area (Å²) in [5.41, 5.74) is -0.145. The molecule has 0 aromatic carbocycles. The molecule has 8 heteroatoms. The molecule has 2 atom stereocenters. The van der Waals surface area contributed by atoms with Crippen LogP contribution in [0.3, 0.4) is 0 Å². The molecule has 19 heavy (non-hydrogen) atoms. The van der Waals surface area contributed by atoms with E-state index in [0.717, 1.165) is 11.9 Å². The van der Waals surface area contributed by atoms with Gasteiger partial charge in [0.15, 0.2) is 5.03 Å². The molecule has 1 aromatic heterocycles. The lowest BCUT2D eigenvalue weighted by molar-refractivity contribution is -0.388. The maximum absolute atomic E-state index is 11.1. The highest BCUT2D eigenvalue weighted by molar-refractivity contribution is 7.97. The summed E-state index contributed by atoms with van der Waals surface area (Å²) < 4.78 is 2.73. The quantitative estimate of drug-likeness (QED) is 0.449. The van der Waals surface area contributed by atoms with Crippen molar-refractivity contribution in [3.8, 4) is 0 Å². The van der Waals surface area contributed by atoms with Gasteiger partial charge in [-0.1, -0.05) is 20.3 Å². The number of nitrogens with zero attached hydrogens (tertiary/aromatic N) is 2. The first-order valence-electron chi connectivity index (χ1n) is 5.72. The minimum atomic E-state index is -0.986. The van der Waals surface area contributed by atoms with E-state index in [0.29, 0.717) is 6.42 Å². The van der Waals surface area contributed by atoms with E-state index in [2.05, 4.69) is 9.71 Å². The molecule has 0 bridgehead atoms. The van der Waals surface area contributed by atoms with Crippen molar-refractivity contribution in [1.29, 1.82) is 0 Å². The van der Waals surface area contributed by atoms with Gasteiger partial charge in [-0.15, -0.1) is 0 Å². The maximum atomic E-state index is 11.1. The maximum Gasteiger partial charge on any atom is 0.321 e. The average Bonchev–Trinajstić information content (AvgIpc) is 2.38. The zero-order valence-corrected chi connectivity index (χ0v) is 11.4. The van der Waals surface area contributed by atoms with Crippen LogP contribution in [0.5, 0.6) is 0 Å². The average molecular weight is 285 g/mol. The van der Waals surface area contributed by atoms with Gasteiger partial charge in [0.05, 0.1) is 4.92 Å². The number of carbonyl (C=O) groups is 1. The Labute approximate surface area is 114 Å². The van der Waals surface area contributed by atoms with Crippen molar-refractivity contribution in [2.75, 3.05) is 0 Å². The number of nitrogens with one attached hydrogen (secondary N) is 1. The molecule has 2 N–H and O–H groups in total. The van der Waals surface area contributed by atoms with Crippen LogP contribution in [-0.4, -0.2) is 27.0 Å². The molecule has 0 radical (unpaired) electrons. The lowest BCUT2D eigenvalue weighted by Gasteiger charge is -2.18. The molecular weight excluding hydrogens is 270 g/mol. The molecule has 0 aliphatic rings. The fraction of sp³-hybridized carbons (Fsp3) is 0.455. The summed E-state index contributed by atoms with van der Waals surface area (Å²) in [7, 11) is 0. The lowest BCUT2D eigenvalue weighted by atomic mass is 10.0. The highest BCUT2D eigenvalue weighted by Crippen LogP contribution is 2.25. The van der Waals surface area contributed by atoms with E-state index >= 15 is 0 Å². The van der Waals surface area contributed by atoms with Gasteiger partial charge < -0.3 is 5.11 Å². The van der Waals surface area contributed by atoms with Gasteiger partial charge in [-0.2, -0.15) is 0 Å². The number of rotatable bonds is 7. The van der Waals surface area contributed by atoms with E-state index in [-0.39, 0.29) is 16.6 Å². The van der Waals surface area contributed by atoms with Crippen LogP contribution in [0.1, 0.15) is 20.3 Å². The minimum absolute atomic E-state index is 0.0900. The predicted octanol–water partition coefficient (Wildman–Crippen LogP) is 2.09. The molecule has 2 unspecified atom stereocenters. The summed E-state index contributed by atoms with van der Waals surface area (Å²) in [5, 5.41) is 20.1. The van der Waals surface area contributed by atoms with Crippen molar-refractivity contribution in [3.63, 3.8) is 0 Å². The molecule has 0 amide bonds. The van der Waals surface area contributed by atoms with Crippen molar-refractivity contribution in [1.82, 2.24) is 9.71 Å². The van der Waals surface area contributed by atoms with Crippen LogP contribution in [-0.2, 0) is 4.79 Å². The largest absolute Gasteiger partial charge is 0.480 e. The number of nitro groups is 1. The van der Waals surface area contributed by atoms with E-state index in [1.165, 1.54) is 18.3 Å². The van der Waals surface area contributed by atoms with Crippen LogP contribution in [0.25, 0.3) is 0 Å². The molecule has 104 valence electrons. The van der Waals surface area contributed by atoms with Crippen molar-refractivity contribution in [2.45, 2.75) is 31.3 Å². The Morgan fingerprint density at radius 2 is 2.37 bits per heavy atom. The Hall–Kier alpha value is -1.67. The Balaban J connectivity index is 2.80.